The topological polar surface area (TPSA) is 373 Å². The minimum atomic E-state index is -3.08. The molecule has 584 valence electrons. The van der Waals surface area contributed by atoms with Crippen molar-refractivity contribution in [3.63, 3.8) is 0 Å². The van der Waals surface area contributed by atoms with E-state index < -0.39 is 148 Å². The second-order valence-electron chi connectivity index (χ2n) is 29.3. The molecule has 18 unspecified atom stereocenters. The van der Waals surface area contributed by atoms with Crippen LogP contribution in [0.15, 0.2) is 0 Å². The summed E-state index contributed by atoms with van der Waals surface area (Å²) < 4.78 is 34.9. The molecule has 0 bridgehead atoms. The van der Waals surface area contributed by atoms with Crippen LogP contribution in [0.3, 0.4) is 0 Å². The summed E-state index contributed by atoms with van der Waals surface area (Å²) in [6.45, 7) is 2.26. The Morgan fingerprint density at radius 2 is 0.879 bits per heavy atom. The van der Waals surface area contributed by atoms with Gasteiger partial charge in [0.1, 0.15) is 67.1 Å². The van der Waals surface area contributed by atoms with E-state index in [1.165, 1.54) is 231 Å². The third-order valence-corrected chi connectivity index (χ3v) is 20.6. The molecule has 0 radical (unpaired) electrons. The minimum absolute atomic E-state index is 0.230. The summed E-state index contributed by atoms with van der Waals surface area (Å²) in [5.41, 5.74) is 0. The second-order valence-corrected chi connectivity index (χ2v) is 29.3. The van der Waals surface area contributed by atoms with Crippen molar-refractivity contribution in [2.45, 2.75) is 439 Å². The largest absolute Gasteiger partial charge is 0.477 e. The van der Waals surface area contributed by atoms with Gasteiger partial charge in [0.25, 0.3) is 5.79 Å². The van der Waals surface area contributed by atoms with Crippen molar-refractivity contribution < 1.29 is 104 Å². The molecule has 3 rings (SSSR count). The highest BCUT2D eigenvalue weighted by atomic mass is 16.8. The van der Waals surface area contributed by atoms with Gasteiger partial charge in [-0.3, -0.25) is 9.59 Å². The number of carbonyl (C=O) groups is 3. The summed E-state index contributed by atoms with van der Waals surface area (Å²) in [5.74, 6) is -6.09. The highest BCUT2D eigenvalue weighted by Gasteiger charge is 2.60. The van der Waals surface area contributed by atoms with E-state index in [0.717, 1.165) is 51.9 Å². The number of carboxylic acids is 1. The van der Waals surface area contributed by atoms with Crippen LogP contribution in [0.2, 0.25) is 0 Å². The van der Waals surface area contributed by atoms with E-state index in [1.807, 2.05) is 0 Å². The van der Waals surface area contributed by atoms with E-state index in [1.54, 1.807) is 0 Å². The average molecular weight is 1420 g/mol. The Morgan fingerprint density at radius 1 is 0.485 bits per heavy atom. The normalized spacial score (nSPS) is 27.0. The number of hydrogen-bond donors (Lipinski definition) is 14. The van der Waals surface area contributed by atoms with E-state index in [4.69, 9.17) is 28.4 Å². The Balaban J connectivity index is 1.48. The first-order valence-electron chi connectivity index (χ1n) is 39.9. The first-order valence-corrected chi connectivity index (χ1v) is 39.9. The zero-order valence-corrected chi connectivity index (χ0v) is 61.6. The van der Waals surface area contributed by atoms with Gasteiger partial charge in [-0.05, 0) is 12.8 Å². The standard InChI is InChI=1S/C76H144N2O21/c1-4-6-8-10-12-14-16-18-20-22-23-24-25-26-27-28-29-30-31-32-33-34-36-38-40-42-44-46-48-50-63(86)78-57(58(83)49-47-45-43-41-39-37-35-21-19-17-15-13-11-9-7-5-2)55-94-73-68(90)67(89)70(62(54-81)96-73)97-74-69(91)72(66(88)61(53-80)95-74)99-76(75(92)93)51-59(84)64(77-56(3)82)71(98-76)65(87)60(85)52-79/h57-62,64-74,79-81,83-85,87-91H,4-55H2,1-3H3,(H,77,82)(H,78,86)(H,92,93). The van der Waals surface area contributed by atoms with Gasteiger partial charge in [0.2, 0.25) is 11.8 Å². The number of aliphatic hydroxyl groups excluding tert-OH is 11. The van der Waals surface area contributed by atoms with E-state index in [0.29, 0.717) is 19.3 Å². The van der Waals surface area contributed by atoms with Gasteiger partial charge in [0.05, 0.1) is 50.7 Å². The lowest BCUT2D eigenvalue weighted by molar-refractivity contribution is -0.386. The fraction of sp³-hybridized carbons (Fsp3) is 0.961. The molecule has 3 heterocycles. The fourth-order valence-corrected chi connectivity index (χ4v) is 14.2. The molecule has 18 atom stereocenters. The molecule has 0 aromatic heterocycles. The third kappa shape index (κ3) is 37.0. The van der Waals surface area contributed by atoms with Gasteiger partial charge in [-0.1, -0.05) is 296 Å². The molecule has 3 aliphatic heterocycles. The number of aliphatic carboxylic acids is 1. The molecule has 3 fully saturated rings. The number of amides is 2. The maximum absolute atomic E-state index is 13.5. The number of rotatable bonds is 63. The Labute approximate surface area is 595 Å². The number of carbonyl (C=O) groups excluding carboxylic acids is 2. The lowest BCUT2D eigenvalue weighted by Crippen LogP contribution is -2.70. The third-order valence-electron chi connectivity index (χ3n) is 20.6. The van der Waals surface area contributed by atoms with Crippen LogP contribution in [-0.4, -0.2) is 215 Å². The highest BCUT2D eigenvalue weighted by Crippen LogP contribution is 2.39. The van der Waals surface area contributed by atoms with Crippen LogP contribution in [0.4, 0.5) is 0 Å². The highest BCUT2D eigenvalue weighted by molar-refractivity contribution is 5.77. The average Bonchev–Trinajstić information content (AvgIpc) is 0.757. The quantitative estimate of drug-likeness (QED) is 0.0252. The number of ether oxygens (including phenoxy) is 6. The maximum atomic E-state index is 13.5. The Kier molecular flexibility index (Phi) is 51.5. The summed E-state index contributed by atoms with van der Waals surface area (Å²) in [4.78, 5) is 38.7. The molecule has 0 spiro atoms. The van der Waals surface area contributed by atoms with E-state index in [9.17, 15) is 75.7 Å². The monoisotopic (exact) mass is 1420 g/mol. The molecule has 23 heteroatoms. The maximum Gasteiger partial charge on any atom is 0.364 e. The first kappa shape index (κ1) is 90.9. The van der Waals surface area contributed by atoms with Gasteiger partial charge in [0, 0.05) is 19.8 Å². The molecule has 99 heavy (non-hydrogen) atoms. The van der Waals surface area contributed by atoms with Crippen LogP contribution in [-0.2, 0) is 42.8 Å². The van der Waals surface area contributed by atoms with Gasteiger partial charge < -0.3 is 100 Å². The van der Waals surface area contributed by atoms with Gasteiger partial charge in [-0.25, -0.2) is 4.79 Å². The van der Waals surface area contributed by atoms with Crippen LogP contribution < -0.4 is 10.6 Å². The first-order chi connectivity index (χ1) is 47.9. The second kappa shape index (κ2) is 56.1. The molecule has 23 nitrogen and oxygen atoms in total. The van der Waals surface area contributed by atoms with Crippen LogP contribution in [0.25, 0.3) is 0 Å². The number of nitrogens with one attached hydrogen (secondary N) is 2. The van der Waals surface area contributed by atoms with Crippen LogP contribution in [0.5, 0.6) is 0 Å². The zero-order chi connectivity index (χ0) is 72.5. The predicted octanol–water partition coefficient (Wildman–Crippen LogP) is 10.0. The van der Waals surface area contributed by atoms with Crippen LogP contribution >= 0.6 is 0 Å². The lowest BCUT2D eigenvalue weighted by Gasteiger charge is -2.50. The number of carboxylic acid groups (broad SMARTS) is 1. The summed E-state index contributed by atoms with van der Waals surface area (Å²) in [5, 5.41) is 136. The van der Waals surface area contributed by atoms with Gasteiger partial charge >= 0.3 is 5.97 Å². The molecule has 3 aliphatic rings. The molecular weight excluding hydrogens is 1280 g/mol. The van der Waals surface area contributed by atoms with Crippen LogP contribution in [0.1, 0.15) is 329 Å². The number of unbranched alkanes of at least 4 members (excludes halogenated alkanes) is 43. The Morgan fingerprint density at radius 3 is 1.26 bits per heavy atom. The molecule has 14 N–H and O–H groups in total. The molecule has 0 aromatic carbocycles. The van der Waals surface area contributed by atoms with Gasteiger partial charge in [-0.15, -0.1) is 0 Å². The summed E-state index contributed by atoms with van der Waals surface area (Å²) >= 11 is 0. The molecule has 0 aliphatic carbocycles. The van der Waals surface area contributed by atoms with Crippen molar-refractivity contribution in [1.82, 2.24) is 10.6 Å². The van der Waals surface area contributed by atoms with E-state index >= 15 is 0 Å². The van der Waals surface area contributed by atoms with Crippen molar-refractivity contribution in [1.29, 1.82) is 0 Å². The Hall–Kier alpha value is -2.27. The van der Waals surface area contributed by atoms with Gasteiger partial charge in [0.15, 0.2) is 12.6 Å². The van der Waals surface area contributed by atoms with Crippen molar-refractivity contribution in [2.75, 3.05) is 26.4 Å². The Bertz CT molecular complexity index is 1980. The zero-order valence-electron chi connectivity index (χ0n) is 61.6. The smallest absolute Gasteiger partial charge is 0.364 e. The molecule has 2 amide bonds. The summed E-state index contributed by atoms with van der Waals surface area (Å²) in [6.07, 6.45) is 28.2. The fourth-order valence-electron chi connectivity index (χ4n) is 14.2. The van der Waals surface area contributed by atoms with Crippen molar-refractivity contribution in [3.8, 4) is 0 Å². The lowest BCUT2D eigenvalue weighted by atomic mass is 9.88. The minimum Gasteiger partial charge on any atom is -0.477 e. The predicted molar refractivity (Wildman–Crippen MR) is 380 cm³/mol. The number of aliphatic hydroxyl groups is 11. The molecular formula is C76H144N2O21. The molecule has 0 aromatic rings. The van der Waals surface area contributed by atoms with Crippen molar-refractivity contribution >= 4 is 17.8 Å². The van der Waals surface area contributed by atoms with Crippen molar-refractivity contribution in [2.24, 2.45) is 0 Å². The van der Waals surface area contributed by atoms with E-state index in [2.05, 4.69) is 24.5 Å². The summed E-state index contributed by atoms with van der Waals surface area (Å²) in [6, 6.07) is -2.52. The van der Waals surface area contributed by atoms with Gasteiger partial charge in [-0.2, -0.15) is 0 Å². The molecule has 0 saturated carbocycles. The summed E-state index contributed by atoms with van der Waals surface area (Å²) in [7, 11) is 0. The van der Waals surface area contributed by atoms with E-state index in [-0.39, 0.29) is 18.9 Å². The van der Waals surface area contributed by atoms with Crippen molar-refractivity contribution in [3.05, 3.63) is 0 Å². The van der Waals surface area contributed by atoms with Crippen LogP contribution in [0, 0.1) is 0 Å². The SMILES string of the molecule is CCCCCCCCCCCCCCCCCCCCCCCCCCCCCCCC(=O)NC(COC1OC(CO)C(OC2OC(CO)C(O)C(OC3(C(=O)O)CC(O)C(NC(C)=O)C(C(O)C(O)CO)O3)C2O)C(O)C1O)C(O)CCCCCCCCCCCCCCCCCC. The number of hydrogen-bond acceptors (Lipinski definition) is 20. The molecule has 3 saturated heterocycles.